The van der Waals surface area contributed by atoms with Crippen molar-refractivity contribution in [3.63, 3.8) is 0 Å². The second kappa shape index (κ2) is 6.16. The van der Waals surface area contributed by atoms with Crippen LogP contribution in [0.2, 0.25) is 0 Å². The standard InChI is InChI=1S/C12H18O4Si/c1-13-12(14-2)17-11-5-3-9(4-6-11)15-7-10-8-16-10/h3-6,10,12H,7-8,17H2,1-2H3. The molecule has 0 N–H and O–H groups in total. The first-order chi connectivity index (χ1) is 8.31. The van der Waals surface area contributed by atoms with E-state index < -0.39 is 9.52 Å². The summed E-state index contributed by atoms with van der Waals surface area (Å²) in [5.74, 6) is 0.839. The van der Waals surface area contributed by atoms with Crippen molar-refractivity contribution in [3.8, 4) is 5.75 Å². The zero-order valence-corrected chi connectivity index (χ0v) is 11.6. The Morgan fingerprint density at radius 2 is 1.94 bits per heavy atom. The van der Waals surface area contributed by atoms with Crippen LogP contribution in [0.5, 0.6) is 5.75 Å². The lowest BCUT2D eigenvalue weighted by atomic mass is 10.3. The molecule has 0 aromatic heterocycles. The van der Waals surface area contributed by atoms with Crippen LogP contribution in [0.4, 0.5) is 0 Å². The average Bonchev–Trinajstić information content (AvgIpc) is 3.19. The predicted octanol–water partition coefficient (Wildman–Crippen LogP) is -0.165. The number of epoxide rings is 1. The monoisotopic (exact) mass is 254 g/mol. The first-order valence-electron chi connectivity index (χ1n) is 5.70. The fourth-order valence-corrected chi connectivity index (χ4v) is 2.76. The van der Waals surface area contributed by atoms with Gasteiger partial charge in [-0.05, 0) is 12.1 Å². The summed E-state index contributed by atoms with van der Waals surface area (Å²) < 4.78 is 21.1. The summed E-state index contributed by atoms with van der Waals surface area (Å²) in [4.78, 5) is 0. The van der Waals surface area contributed by atoms with E-state index in [9.17, 15) is 0 Å². The molecule has 2 rings (SSSR count). The lowest BCUT2D eigenvalue weighted by Crippen LogP contribution is -2.30. The minimum atomic E-state index is -0.555. The van der Waals surface area contributed by atoms with Gasteiger partial charge in [0.2, 0.25) is 0 Å². The van der Waals surface area contributed by atoms with Crippen LogP contribution in [0, 0.1) is 0 Å². The Hall–Kier alpha value is -0.883. The van der Waals surface area contributed by atoms with E-state index in [2.05, 4.69) is 12.1 Å². The normalized spacial score (nSPS) is 19.1. The largest absolute Gasteiger partial charge is 0.491 e. The van der Waals surface area contributed by atoms with Crippen LogP contribution in [-0.4, -0.2) is 49.0 Å². The van der Waals surface area contributed by atoms with E-state index in [0.717, 1.165) is 12.4 Å². The molecule has 1 heterocycles. The summed E-state index contributed by atoms with van der Waals surface area (Å²) in [6, 6.07) is 8.15. The molecule has 17 heavy (non-hydrogen) atoms. The number of ether oxygens (including phenoxy) is 4. The van der Waals surface area contributed by atoms with Gasteiger partial charge in [0.1, 0.15) is 33.9 Å². The Balaban J connectivity index is 1.83. The topological polar surface area (TPSA) is 40.2 Å². The van der Waals surface area contributed by atoms with Gasteiger partial charge < -0.3 is 18.9 Å². The molecule has 1 aromatic carbocycles. The lowest BCUT2D eigenvalue weighted by molar-refractivity contribution is -0.0429. The van der Waals surface area contributed by atoms with Gasteiger partial charge in [0.05, 0.1) is 6.61 Å². The number of benzene rings is 1. The van der Waals surface area contributed by atoms with Crippen LogP contribution in [0.15, 0.2) is 24.3 Å². The van der Waals surface area contributed by atoms with E-state index in [4.69, 9.17) is 18.9 Å². The number of hydrogen-bond acceptors (Lipinski definition) is 4. The molecule has 1 aliphatic rings. The van der Waals surface area contributed by atoms with Gasteiger partial charge in [0.25, 0.3) is 0 Å². The Morgan fingerprint density at radius 1 is 1.29 bits per heavy atom. The van der Waals surface area contributed by atoms with Crippen LogP contribution >= 0.6 is 0 Å². The minimum absolute atomic E-state index is 0.0540. The molecule has 1 saturated heterocycles. The molecule has 0 radical (unpaired) electrons. The summed E-state index contributed by atoms with van der Waals surface area (Å²) in [5, 5.41) is 1.30. The summed E-state index contributed by atoms with van der Waals surface area (Å²) in [6.07, 6.45) is 0.301. The molecule has 1 aromatic rings. The quantitative estimate of drug-likeness (QED) is 0.385. The Bertz CT molecular complexity index is 333. The van der Waals surface area contributed by atoms with E-state index >= 15 is 0 Å². The van der Waals surface area contributed by atoms with Gasteiger partial charge in [-0.3, -0.25) is 0 Å². The van der Waals surface area contributed by atoms with Gasteiger partial charge in [-0.15, -0.1) is 0 Å². The number of methoxy groups -OCH3 is 2. The molecule has 0 bridgehead atoms. The molecule has 0 spiro atoms. The second-order valence-corrected chi connectivity index (χ2v) is 5.91. The molecule has 4 nitrogen and oxygen atoms in total. The van der Waals surface area contributed by atoms with Crippen molar-refractivity contribution in [2.75, 3.05) is 27.4 Å². The SMILES string of the molecule is COC(OC)[SiH2]c1ccc(OCC2CO2)cc1. The highest BCUT2D eigenvalue weighted by Crippen LogP contribution is 2.13. The molecule has 0 amide bonds. The van der Waals surface area contributed by atoms with Crippen LogP contribution < -0.4 is 9.92 Å². The van der Waals surface area contributed by atoms with Crippen molar-refractivity contribution in [1.82, 2.24) is 0 Å². The number of rotatable bonds is 7. The van der Waals surface area contributed by atoms with Crippen molar-refractivity contribution in [2.24, 2.45) is 0 Å². The van der Waals surface area contributed by atoms with Crippen molar-refractivity contribution in [1.29, 1.82) is 0 Å². The van der Waals surface area contributed by atoms with E-state index in [0.29, 0.717) is 12.7 Å². The van der Waals surface area contributed by atoms with Gasteiger partial charge in [-0.1, -0.05) is 17.3 Å². The van der Waals surface area contributed by atoms with Crippen LogP contribution in [-0.2, 0) is 14.2 Å². The Morgan fingerprint density at radius 3 is 2.47 bits per heavy atom. The molecule has 1 unspecified atom stereocenters. The van der Waals surface area contributed by atoms with E-state index in [1.807, 2.05) is 12.1 Å². The van der Waals surface area contributed by atoms with Crippen molar-refractivity contribution < 1.29 is 18.9 Å². The molecular formula is C12H18O4Si. The van der Waals surface area contributed by atoms with Crippen LogP contribution in [0.25, 0.3) is 0 Å². The molecule has 0 aliphatic carbocycles. The summed E-state index contributed by atoms with van der Waals surface area (Å²) in [7, 11) is 2.79. The Labute approximate surface area is 104 Å². The van der Waals surface area contributed by atoms with Crippen molar-refractivity contribution in [3.05, 3.63) is 24.3 Å². The highest BCUT2D eigenvalue weighted by Gasteiger charge is 2.22. The molecule has 1 aliphatic heterocycles. The summed E-state index contributed by atoms with van der Waals surface area (Å²) in [6.45, 7) is 1.48. The lowest BCUT2D eigenvalue weighted by Gasteiger charge is -2.13. The highest BCUT2D eigenvalue weighted by atomic mass is 28.2. The predicted molar refractivity (Wildman–Crippen MR) is 67.7 cm³/mol. The Kier molecular flexibility index (Phi) is 4.55. The van der Waals surface area contributed by atoms with Gasteiger partial charge >= 0.3 is 0 Å². The minimum Gasteiger partial charge on any atom is -0.491 e. The smallest absolute Gasteiger partial charge is 0.139 e. The first-order valence-corrected chi connectivity index (χ1v) is 7.23. The highest BCUT2D eigenvalue weighted by molar-refractivity contribution is 6.54. The fraction of sp³-hybridized carbons (Fsp3) is 0.500. The zero-order chi connectivity index (χ0) is 12.1. The van der Waals surface area contributed by atoms with Crippen LogP contribution in [0.3, 0.4) is 0 Å². The molecule has 94 valence electrons. The molecule has 1 fully saturated rings. The van der Waals surface area contributed by atoms with E-state index in [1.165, 1.54) is 5.19 Å². The zero-order valence-electron chi connectivity index (χ0n) is 10.2. The number of hydrogen-bond donors (Lipinski definition) is 0. The molecule has 1 atom stereocenters. The van der Waals surface area contributed by atoms with Gasteiger partial charge in [-0.25, -0.2) is 0 Å². The maximum absolute atomic E-state index is 5.57. The third kappa shape index (κ3) is 4.12. The molecule has 0 saturated carbocycles. The van der Waals surface area contributed by atoms with Crippen LogP contribution in [0.1, 0.15) is 0 Å². The average molecular weight is 254 g/mol. The third-order valence-corrected chi connectivity index (χ3v) is 4.63. The van der Waals surface area contributed by atoms with Gasteiger partial charge in [-0.2, -0.15) is 0 Å². The maximum atomic E-state index is 5.57. The fourth-order valence-electron chi connectivity index (χ4n) is 1.53. The van der Waals surface area contributed by atoms with E-state index in [1.54, 1.807) is 14.2 Å². The second-order valence-electron chi connectivity index (χ2n) is 4.02. The summed E-state index contributed by atoms with van der Waals surface area (Å²) in [5.41, 5.74) is 0. The summed E-state index contributed by atoms with van der Waals surface area (Å²) >= 11 is 0. The maximum Gasteiger partial charge on any atom is 0.139 e. The molecule has 5 heteroatoms. The van der Waals surface area contributed by atoms with Crippen molar-refractivity contribution in [2.45, 2.75) is 12.0 Å². The molecular weight excluding hydrogens is 236 g/mol. The van der Waals surface area contributed by atoms with Gasteiger partial charge in [0, 0.05) is 14.2 Å². The third-order valence-electron chi connectivity index (χ3n) is 2.69. The van der Waals surface area contributed by atoms with Gasteiger partial charge in [0.15, 0.2) is 0 Å². The first kappa shape index (κ1) is 12.6. The van der Waals surface area contributed by atoms with E-state index in [-0.39, 0.29) is 5.91 Å². The van der Waals surface area contributed by atoms with Crippen molar-refractivity contribution >= 4 is 14.7 Å².